The van der Waals surface area contributed by atoms with Crippen molar-refractivity contribution in [2.24, 2.45) is 4.99 Å². The number of nitrogens with one attached hydrogen (secondary N) is 2. The molecule has 0 saturated carbocycles. The van der Waals surface area contributed by atoms with Crippen LogP contribution in [0, 0.1) is 0 Å². The van der Waals surface area contributed by atoms with Crippen LogP contribution < -0.4 is 10.0 Å². The largest absolute Gasteiger partial charge is 0.375 e. The zero-order valence-corrected chi connectivity index (χ0v) is 17.5. The predicted molar refractivity (Wildman–Crippen MR) is 105 cm³/mol. The number of aliphatic imine (C=N–C) groups is 1. The molecule has 0 aliphatic carbocycles. The number of morpholine rings is 1. The van der Waals surface area contributed by atoms with Crippen molar-refractivity contribution >= 4 is 40.0 Å². The second-order valence-corrected chi connectivity index (χ2v) is 7.77. The monoisotopic (exact) mass is 476 g/mol. The summed E-state index contributed by atoms with van der Waals surface area (Å²) in [5.41, 5.74) is 0. The van der Waals surface area contributed by atoms with Crippen LogP contribution in [0.25, 0.3) is 0 Å². The Hall–Kier alpha value is -0.170. The third kappa shape index (κ3) is 6.62. The molecule has 2 fully saturated rings. The van der Waals surface area contributed by atoms with Crippen LogP contribution in [0.1, 0.15) is 19.8 Å². The molecule has 2 rings (SSSR count). The van der Waals surface area contributed by atoms with Gasteiger partial charge in [0, 0.05) is 39.8 Å². The average molecular weight is 476 g/mol. The summed E-state index contributed by atoms with van der Waals surface area (Å²) >= 11 is 0. The van der Waals surface area contributed by atoms with Crippen LogP contribution in [0.3, 0.4) is 0 Å². The number of guanidine groups is 1. The highest BCUT2D eigenvalue weighted by Gasteiger charge is 2.32. The van der Waals surface area contributed by atoms with Gasteiger partial charge >= 0.3 is 0 Å². The Morgan fingerprint density at radius 3 is 2.62 bits per heavy atom. The molecular weight excluding hydrogens is 447 g/mol. The van der Waals surface area contributed by atoms with Gasteiger partial charge in [-0.15, -0.1) is 24.0 Å². The second kappa shape index (κ2) is 10.7. The molecule has 2 aliphatic heterocycles. The van der Waals surface area contributed by atoms with E-state index in [-0.39, 0.29) is 41.9 Å². The van der Waals surface area contributed by atoms with E-state index >= 15 is 0 Å². The van der Waals surface area contributed by atoms with E-state index in [9.17, 15) is 8.42 Å². The molecule has 2 aliphatic rings. The van der Waals surface area contributed by atoms with E-state index in [1.165, 1.54) is 0 Å². The van der Waals surface area contributed by atoms with Crippen LogP contribution in [-0.4, -0.2) is 83.7 Å². The summed E-state index contributed by atoms with van der Waals surface area (Å²) in [4.78, 5) is 6.43. The summed E-state index contributed by atoms with van der Waals surface area (Å²) in [6, 6.07) is 0. The number of nitrogens with zero attached hydrogens (tertiary/aromatic N) is 2. The molecule has 0 amide bonds. The number of ether oxygens (including phenoxy) is 2. The molecule has 0 spiro atoms. The Morgan fingerprint density at radius 1 is 1.25 bits per heavy atom. The predicted octanol–water partition coefficient (Wildman–Crippen LogP) is -0.00110. The molecule has 2 heterocycles. The summed E-state index contributed by atoms with van der Waals surface area (Å²) in [6.45, 7) is 5.42. The highest BCUT2D eigenvalue weighted by atomic mass is 127. The van der Waals surface area contributed by atoms with Crippen molar-refractivity contribution in [1.29, 1.82) is 0 Å². The number of hydrogen-bond acceptors (Lipinski definition) is 5. The zero-order chi connectivity index (χ0) is 16.7. The van der Waals surface area contributed by atoms with Crippen LogP contribution in [0.4, 0.5) is 0 Å². The Labute approximate surface area is 161 Å². The van der Waals surface area contributed by atoms with Crippen molar-refractivity contribution in [1.82, 2.24) is 14.9 Å². The minimum Gasteiger partial charge on any atom is -0.375 e. The lowest BCUT2D eigenvalue weighted by Crippen LogP contribution is -2.54. The summed E-state index contributed by atoms with van der Waals surface area (Å²) in [5.74, 6) is 0.862. The van der Waals surface area contributed by atoms with Crippen molar-refractivity contribution < 1.29 is 17.9 Å². The fourth-order valence-corrected chi connectivity index (χ4v) is 3.42. The first-order chi connectivity index (χ1) is 11.1. The van der Waals surface area contributed by atoms with Crippen LogP contribution in [0.2, 0.25) is 0 Å². The zero-order valence-electron chi connectivity index (χ0n) is 14.4. The third-order valence-electron chi connectivity index (χ3n) is 4.09. The second-order valence-electron chi connectivity index (χ2n) is 5.68. The van der Waals surface area contributed by atoms with Crippen molar-refractivity contribution in [2.75, 3.05) is 52.2 Å². The lowest BCUT2D eigenvalue weighted by atomic mass is 10.1. The summed E-state index contributed by atoms with van der Waals surface area (Å²) in [5, 5.41) is 3.20. The quantitative estimate of drug-likeness (QED) is 0.243. The molecule has 0 aromatic heterocycles. The molecule has 8 nitrogen and oxygen atoms in total. The minimum atomic E-state index is -3.15. The van der Waals surface area contributed by atoms with E-state index in [4.69, 9.17) is 9.47 Å². The van der Waals surface area contributed by atoms with Crippen molar-refractivity contribution in [3.05, 3.63) is 0 Å². The van der Waals surface area contributed by atoms with Gasteiger partial charge in [-0.1, -0.05) is 0 Å². The van der Waals surface area contributed by atoms with Gasteiger partial charge < -0.3 is 19.7 Å². The number of sulfonamides is 1. The van der Waals surface area contributed by atoms with E-state index in [0.29, 0.717) is 19.7 Å². The minimum absolute atomic E-state index is 0. The van der Waals surface area contributed by atoms with Crippen molar-refractivity contribution in [3.8, 4) is 0 Å². The number of rotatable bonds is 6. The van der Waals surface area contributed by atoms with Gasteiger partial charge in [-0.05, 0) is 19.8 Å². The van der Waals surface area contributed by atoms with Gasteiger partial charge in [-0.2, -0.15) is 0 Å². The van der Waals surface area contributed by atoms with Gasteiger partial charge in [-0.25, -0.2) is 13.1 Å². The fraction of sp³-hybridized carbons (Fsp3) is 0.929. The van der Waals surface area contributed by atoms with Gasteiger partial charge in [0.1, 0.15) is 6.10 Å². The van der Waals surface area contributed by atoms with E-state index in [0.717, 1.165) is 38.5 Å². The SMILES string of the molecule is CCS(=O)(=O)NCCNC(=NC)N1CCOC(C2CCCO2)C1.I. The lowest BCUT2D eigenvalue weighted by molar-refractivity contribution is -0.0816. The number of hydrogen-bond donors (Lipinski definition) is 2. The van der Waals surface area contributed by atoms with Crippen LogP contribution in [-0.2, 0) is 19.5 Å². The Balaban J connectivity index is 0.00000288. The van der Waals surface area contributed by atoms with Crippen LogP contribution >= 0.6 is 24.0 Å². The molecule has 142 valence electrons. The Morgan fingerprint density at radius 2 is 2.00 bits per heavy atom. The van der Waals surface area contributed by atoms with Crippen LogP contribution in [0.5, 0.6) is 0 Å². The van der Waals surface area contributed by atoms with E-state index < -0.39 is 10.0 Å². The van der Waals surface area contributed by atoms with Crippen LogP contribution in [0.15, 0.2) is 4.99 Å². The maximum absolute atomic E-state index is 11.4. The van der Waals surface area contributed by atoms with Gasteiger partial charge in [0.25, 0.3) is 0 Å². The van der Waals surface area contributed by atoms with E-state index in [2.05, 4.69) is 19.9 Å². The molecule has 24 heavy (non-hydrogen) atoms. The Bertz CT molecular complexity index is 497. The molecular formula is C14H29IN4O4S. The Kier molecular flexibility index (Phi) is 9.79. The summed E-state index contributed by atoms with van der Waals surface area (Å²) in [7, 11) is -1.42. The van der Waals surface area contributed by atoms with Gasteiger partial charge in [0.15, 0.2) is 5.96 Å². The molecule has 0 aromatic carbocycles. The molecule has 0 radical (unpaired) electrons. The normalized spacial score (nSPS) is 25.4. The maximum Gasteiger partial charge on any atom is 0.211 e. The average Bonchev–Trinajstić information content (AvgIpc) is 3.09. The highest BCUT2D eigenvalue weighted by molar-refractivity contribution is 14.0. The van der Waals surface area contributed by atoms with E-state index in [1.54, 1.807) is 14.0 Å². The lowest BCUT2D eigenvalue weighted by Gasteiger charge is -2.37. The molecule has 0 aromatic rings. The molecule has 0 bridgehead atoms. The molecule has 2 atom stereocenters. The van der Waals surface area contributed by atoms with Gasteiger partial charge in [0.2, 0.25) is 10.0 Å². The van der Waals surface area contributed by atoms with E-state index in [1.807, 2.05) is 0 Å². The van der Waals surface area contributed by atoms with Gasteiger partial charge in [-0.3, -0.25) is 4.99 Å². The first-order valence-electron chi connectivity index (χ1n) is 8.22. The maximum atomic E-state index is 11.4. The third-order valence-corrected chi connectivity index (χ3v) is 5.50. The molecule has 10 heteroatoms. The smallest absolute Gasteiger partial charge is 0.211 e. The fourth-order valence-electron chi connectivity index (χ4n) is 2.80. The first kappa shape index (κ1) is 21.9. The molecule has 2 N–H and O–H groups in total. The molecule has 2 saturated heterocycles. The highest BCUT2D eigenvalue weighted by Crippen LogP contribution is 2.20. The van der Waals surface area contributed by atoms with Crippen molar-refractivity contribution in [2.45, 2.75) is 32.0 Å². The first-order valence-corrected chi connectivity index (χ1v) is 9.87. The summed E-state index contributed by atoms with van der Waals surface area (Å²) in [6.07, 6.45) is 2.38. The molecule has 2 unspecified atom stereocenters. The summed E-state index contributed by atoms with van der Waals surface area (Å²) < 4.78 is 36.9. The topological polar surface area (TPSA) is 92.3 Å². The van der Waals surface area contributed by atoms with Gasteiger partial charge in [0.05, 0.1) is 18.5 Å². The standard InChI is InChI=1S/C14H28N4O4S.HI/c1-3-23(19,20)17-7-6-16-14(15-2)18-8-10-22-13(11-18)12-5-4-9-21-12;/h12-13,17H,3-11H2,1-2H3,(H,15,16);1H. The van der Waals surface area contributed by atoms with Crippen molar-refractivity contribution in [3.63, 3.8) is 0 Å². The number of halogens is 1.